The third kappa shape index (κ3) is 5.76. The zero-order valence-corrected chi connectivity index (χ0v) is 13.6. The standard InChI is InChI=1S/C19H21NO4/c1-2-12-23-20-14-16-8-10-17(11-9-16)24-18(19(21)22)13-15-6-4-3-5-7-15/h3-11,14,18H,2,12-13H2,1H3,(H,21,22)/b20-14+. The van der Waals surface area contributed by atoms with Crippen molar-refractivity contribution in [1.82, 2.24) is 0 Å². The second-order valence-corrected chi connectivity index (χ2v) is 5.27. The Morgan fingerprint density at radius 3 is 2.50 bits per heavy atom. The molecule has 5 nitrogen and oxygen atoms in total. The Kier molecular flexibility index (Phi) is 6.83. The summed E-state index contributed by atoms with van der Waals surface area (Å²) < 4.78 is 5.60. The molecule has 1 N–H and O–H groups in total. The minimum absolute atomic E-state index is 0.310. The summed E-state index contributed by atoms with van der Waals surface area (Å²) in [6.45, 7) is 2.59. The molecule has 0 saturated carbocycles. The smallest absolute Gasteiger partial charge is 0.345 e. The molecule has 0 heterocycles. The van der Waals surface area contributed by atoms with Crippen molar-refractivity contribution >= 4 is 12.2 Å². The van der Waals surface area contributed by atoms with Crippen LogP contribution < -0.4 is 4.74 Å². The largest absolute Gasteiger partial charge is 0.478 e. The van der Waals surface area contributed by atoms with E-state index in [0.717, 1.165) is 17.5 Å². The highest BCUT2D eigenvalue weighted by Crippen LogP contribution is 2.16. The molecule has 2 aromatic carbocycles. The van der Waals surface area contributed by atoms with E-state index < -0.39 is 12.1 Å². The minimum Gasteiger partial charge on any atom is -0.478 e. The fraction of sp³-hybridized carbons (Fsp3) is 0.263. The number of hydrogen-bond donors (Lipinski definition) is 1. The highest BCUT2D eigenvalue weighted by Gasteiger charge is 2.19. The first kappa shape index (κ1) is 17.5. The number of rotatable bonds is 9. The van der Waals surface area contributed by atoms with Gasteiger partial charge in [0.1, 0.15) is 12.4 Å². The fourth-order valence-electron chi connectivity index (χ4n) is 2.05. The topological polar surface area (TPSA) is 68.1 Å². The van der Waals surface area contributed by atoms with E-state index >= 15 is 0 Å². The van der Waals surface area contributed by atoms with Crippen LogP contribution in [0.1, 0.15) is 24.5 Å². The van der Waals surface area contributed by atoms with Gasteiger partial charge in [-0.3, -0.25) is 0 Å². The number of carboxylic acid groups (broad SMARTS) is 1. The third-order valence-corrected chi connectivity index (χ3v) is 3.27. The van der Waals surface area contributed by atoms with Crippen molar-refractivity contribution in [3.05, 3.63) is 65.7 Å². The van der Waals surface area contributed by atoms with E-state index in [9.17, 15) is 9.90 Å². The number of aliphatic carboxylic acids is 1. The van der Waals surface area contributed by atoms with Gasteiger partial charge in [-0.2, -0.15) is 0 Å². The molecule has 2 aromatic rings. The molecule has 0 aliphatic heterocycles. The van der Waals surface area contributed by atoms with Crippen LogP contribution in [-0.4, -0.2) is 30.0 Å². The van der Waals surface area contributed by atoms with Crippen LogP contribution in [0.4, 0.5) is 0 Å². The molecule has 0 aliphatic rings. The molecule has 126 valence electrons. The van der Waals surface area contributed by atoms with Crippen LogP contribution >= 0.6 is 0 Å². The van der Waals surface area contributed by atoms with Gasteiger partial charge in [0.15, 0.2) is 6.10 Å². The summed E-state index contributed by atoms with van der Waals surface area (Å²) in [6, 6.07) is 16.5. The van der Waals surface area contributed by atoms with Crippen molar-refractivity contribution in [2.75, 3.05) is 6.61 Å². The van der Waals surface area contributed by atoms with E-state index in [1.165, 1.54) is 0 Å². The molecule has 1 unspecified atom stereocenters. The predicted octanol–water partition coefficient (Wildman–Crippen LogP) is 3.52. The number of nitrogens with zero attached hydrogens (tertiary/aromatic N) is 1. The molecule has 0 saturated heterocycles. The average molecular weight is 327 g/mol. The maximum atomic E-state index is 11.4. The highest BCUT2D eigenvalue weighted by atomic mass is 16.6. The lowest BCUT2D eigenvalue weighted by Crippen LogP contribution is -2.29. The lowest BCUT2D eigenvalue weighted by molar-refractivity contribution is -0.145. The number of oxime groups is 1. The van der Waals surface area contributed by atoms with Crippen LogP contribution in [0.15, 0.2) is 59.8 Å². The second kappa shape index (κ2) is 9.35. The van der Waals surface area contributed by atoms with Crippen LogP contribution in [0.3, 0.4) is 0 Å². The molecule has 0 aliphatic carbocycles. The summed E-state index contributed by atoms with van der Waals surface area (Å²) in [5.41, 5.74) is 1.77. The van der Waals surface area contributed by atoms with Crippen molar-refractivity contribution in [3.63, 3.8) is 0 Å². The van der Waals surface area contributed by atoms with Gasteiger partial charge < -0.3 is 14.7 Å². The Bertz CT molecular complexity index is 653. The minimum atomic E-state index is -0.988. The molecule has 0 radical (unpaired) electrons. The maximum Gasteiger partial charge on any atom is 0.345 e. The first-order valence-electron chi connectivity index (χ1n) is 7.88. The average Bonchev–Trinajstić information content (AvgIpc) is 2.60. The second-order valence-electron chi connectivity index (χ2n) is 5.27. The van der Waals surface area contributed by atoms with Crippen molar-refractivity contribution in [2.45, 2.75) is 25.9 Å². The Labute approximate surface area is 141 Å². The first-order chi connectivity index (χ1) is 11.7. The van der Waals surface area contributed by atoms with Crippen molar-refractivity contribution in [3.8, 4) is 5.75 Å². The van der Waals surface area contributed by atoms with Gasteiger partial charge in [0, 0.05) is 6.42 Å². The van der Waals surface area contributed by atoms with Crippen LogP contribution in [-0.2, 0) is 16.1 Å². The molecule has 0 fully saturated rings. The molecule has 0 bridgehead atoms. The Morgan fingerprint density at radius 1 is 1.17 bits per heavy atom. The Hall–Kier alpha value is -2.82. The zero-order valence-electron chi connectivity index (χ0n) is 13.6. The third-order valence-electron chi connectivity index (χ3n) is 3.27. The van der Waals surface area contributed by atoms with Crippen molar-refractivity contribution in [2.24, 2.45) is 5.16 Å². The van der Waals surface area contributed by atoms with Gasteiger partial charge in [-0.25, -0.2) is 4.79 Å². The van der Waals surface area contributed by atoms with Gasteiger partial charge in [0.05, 0.1) is 6.21 Å². The van der Waals surface area contributed by atoms with Gasteiger partial charge in [-0.05, 0) is 41.8 Å². The predicted molar refractivity (Wildman–Crippen MR) is 92.5 cm³/mol. The normalized spacial score (nSPS) is 12.0. The summed E-state index contributed by atoms with van der Waals surface area (Å²) in [6.07, 6.45) is 1.89. The van der Waals surface area contributed by atoms with Gasteiger partial charge in [0.25, 0.3) is 0 Å². The lowest BCUT2D eigenvalue weighted by Gasteiger charge is -2.15. The van der Waals surface area contributed by atoms with Crippen LogP contribution in [0.2, 0.25) is 0 Å². The molecule has 5 heteroatoms. The number of benzene rings is 2. The molecule has 1 atom stereocenters. The first-order valence-corrected chi connectivity index (χ1v) is 7.88. The van der Waals surface area contributed by atoms with Crippen LogP contribution in [0.25, 0.3) is 0 Å². The van der Waals surface area contributed by atoms with Crippen molar-refractivity contribution in [1.29, 1.82) is 0 Å². The lowest BCUT2D eigenvalue weighted by atomic mass is 10.1. The molecule has 0 aromatic heterocycles. The molecule has 0 amide bonds. The zero-order chi connectivity index (χ0) is 17.2. The summed E-state index contributed by atoms with van der Waals surface area (Å²) in [4.78, 5) is 16.5. The van der Waals surface area contributed by atoms with Gasteiger partial charge >= 0.3 is 5.97 Å². The number of ether oxygens (including phenoxy) is 1. The number of hydrogen-bond acceptors (Lipinski definition) is 4. The van der Waals surface area contributed by atoms with E-state index in [4.69, 9.17) is 9.57 Å². The SMILES string of the molecule is CCCO/N=C/c1ccc(OC(Cc2ccccc2)C(=O)O)cc1. The molecule has 0 spiro atoms. The van der Waals surface area contributed by atoms with Crippen LogP contribution in [0.5, 0.6) is 5.75 Å². The highest BCUT2D eigenvalue weighted by molar-refractivity contribution is 5.79. The van der Waals surface area contributed by atoms with E-state index in [-0.39, 0.29) is 0 Å². The monoisotopic (exact) mass is 327 g/mol. The molecule has 24 heavy (non-hydrogen) atoms. The number of carboxylic acids is 1. The quantitative estimate of drug-likeness (QED) is 0.435. The van der Waals surface area contributed by atoms with E-state index in [1.807, 2.05) is 37.3 Å². The summed E-state index contributed by atoms with van der Waals surface area (Å²) in [5, 5.41) is 13.2. The Balaban J connectivity index is 1.97. The van der Waals surface area contributed by atoms with Gasteiger partial charge in [0.2, 0.25) is 0 Å². The van der Waals surface area contributed by atoms with Crippen molar-refractivity contribution < 1.29 is 19.5 Å². The maximum absolute atomic E-state index is 11.4. The summed E-state index contributed by atoms with van der Waals surface area (Å²) in [7, 11) is 0. The molecular formula is C19H21NO4. The number of carbonyl (C=O) groups is 1. The fourth-order valence-corrected chi connectivity index (χ4v) is 2.05. The van der Waals surface area contributed by atoms with E-state index in [2.05, 4.69) is 5.16 Å². The summed E-state index contributed by atoms with van der Waals surface area (Å²) in [5.74, 6) is -0.484. The van der Waals surface area contributed by atoms with Gasteiger partial charge in [-0.1, -0.05) is 42.4 Å². The van der Waals surface area contributed by atoms with Crippen LogP contribution in [0, 0.1) is 0 Å². The molecular weight excluding hydrogens is 306 g/mol. The summed E-state index contributed by atoms with van der Waals surface area (Å²) >= 11 is 0. The Morgan fingerprint density at radius 2 is 1.88 bits per heavy atom. The van der Waals surface area contributed by atoms with Gasteiger partial charge in [-0.15, -0.1) is 0 Å². The van der Waals surface area contributed by atoms with E-state index in [1.54, 1.807) is 30.5 Å². The van der Waals surface area contributed by atoms with E-state index in [0.29, 0.717) is 18.8 Å². The molecule has 2 rings (SSSR count).